The van der Waals surface area contributed by atoms with Gasteiger partial charge in [0.05, 0.1) is 0 Å². The summed E-state index contributed by atoms with van der Waals surface area (Å²) in [4.78, 5) is 36.6. The molecule has 2 aromatic heterocycles. The van der Waals surface area contributed by atoms with Crippen LogP contribution in [0.5, 0.6) is 0 Å². The van der Waals surface area contributed by atoms with E-state index < -0.39 is 17.2 Å². The summed E-state index contributed by atoms with van der Waals surface area (Å²) in [7, 11) is 0. The summed E-state index contributed by atoms with van der Waals surface area (Å²) in [5.41, 5.74) is -0.400. The van der Waals surface area contributed by atoms with E-state index in [9.17, 15) is 14.4 Å². The van der Waals surface area contributed by atoms with Crippen LogP contribution >= 0.6 is 0 Å². The van der Waals surface area contributed by atoms with Crippen LogP contribution in [0.15, 0.2) is 91.2 Å². The lowest BCUT2D eigenvalue weighted by molar-refractivity contribution is 0.102. The number of rotatable bonds is 3. The minimum Gasteiger partial charge on any atom is -0.422 e. The van der Waals surface area contributed by atoms with Crippen molar-refractivity contribution in [2.24, 2.45) is 0 Å². The van der Waals surface area contributed by atoms with Crippen molar-refractivity contribution in [3.8, 4) is 11.3 Å². The number of nitrogens with one attached hydrogen (secondary N) is 1. The predicted molar refractivity (Wildman–Crippen MR) is 101 cm³/mol. The fraction of sp³-hybridized carbons (Fsp3) is 0. The van der Waals surface area contributed by atoms with E-state index in [0.29, 0.717) is 16.5 Å². The SMILES string of the molecule is O=C(Nc1ccc(-c2cc3ccccc3oc2=O)oc1=O)c1ccccc1. The smallest absolute Gasteiger partial charge is 0.360 e. The van der Waals surface area contributed by atoms with Gasteiger partial charge in [-0.25, -0.2) is 9.59 Å². The summed E-state index contributed by atoms with van der Waals surface area (Å²) < 4.78 is 10.5. The first kappa shape index (κ1) is 16.5. The van der Waals surface area contributed by atoms with Gasteiger partial charge in [0.1, 0.15) is 22.6 Å². The van der Waals surface area contributed by atoms with Crippen molar-refractivity contribution in [1.29, 1.82) is 0 Å². The number of carbonyl (C=O) groups is 1. The Morgan fingerprint density at radius 1 is 0.778 bits per heavy atom. The molecule has 0 fully saturated rings. The maximum Gasteiger partial charge on any atom is 0.360 e. The molecule has 0 radical (unpaired) electrons. The lowest BCUT2D eigenvalue weighted by atomic mass is 10.1. The monoisotopic (exact) mass is 359 g/mol. The number of hydrogen-bond donors (Lipinski definition) is 1. The van der Waals surface area contributed by atoms with E-state index in [1.54, 1.807) is 54.6 Å². The molecule has 0 saturated heterocycles. The number of anilines is 1. The maximum absolute atomic E-state index is 12.2. The Balaban J connectivity index is 1.68. The van der Waals surface area contributed by atoms with Gasteiger partial charge in [-0.1, -0.05) is 36.4 Å². The van der Waals surface area contributed by atoms with Crippen molar-refractivity contribution in [1.82, 2.24) is 0 Å². The molecule has 4 aromatic rings. The van der Waals surface area contributed by atoms with Crippen molar-refractivity contribution in [2.45, 2.75) is 0 Å². The summed E-state index contributed by atoms with van der Waals surface area (Å²) >= 11 is 0. The summed E-state index contributed by atoms with van der Waals surface area (Å²) in [5, 5.41) is 3.21. The molecular weight excluding hydrogens is 346 g/mol. The van der Waals surface area contributed by atoms with Gasteiger partial charge in [0.25, 0.3) is 5.91 Å². The summed E-state index contributed by atoms with van der Waals surface area (Å²) in [5.74, 6) is -0.363. The normalized spacial score (nSPS) is 10.7. The Morgan fingerprint density at radius 2 is 1.52 bits per heavy atom. The van der Waals surface area contributed by atoms with Gasteiger partial charge in [0.15, 0.2) is 0 Å². The molecule has 2 aromatic carbocycles. The molecule has 0 unspecified atom stereocenters. The maximum atomic E-state index is 12.2. The Kier molecular flexibility index (Phi) is 4.14. The first-order valence-electron chi connectivity index (χ1n) is 8.15. The number of carbonyl (C=O) groups excluding carboxylic acids is 1. The van der Waals surface area contributed by atoms with Crippen molar-refractivity contribution < 1.29 is 13.6 Å². The third-order valence-corrected chi connectivity index (χ3v) is 4.01. The van der Waals surface area contributed by atoms with Crippen LogP contribution in [0.2, 0.25) is 0 Å². The highest BCUT2D eigenvalue weighted by molar-refractivity contribution is 6.04. The third kappa shape index (κ3) is 3.28. The molecule has 4 rings (SSSR count). The van der Waals surface area contributed by atoms with E-state index >= 15 is 0 Å². The van der Waals surface area contributed by atoms with Gasteiger partial charge in [-0.2, -0.15) is 0 Å². The zero-order valence-corrected chi connectivity index (χ0v) is 14.0. The average molecular weight is 359 g/mol. The van der Waals surface area contributed by atoms with E-state index in [1.807, 2.05) is 6.07 Å². The second kappa shape index (κ2) is 6.76. The van der Waals surface area contributed by atoms with Crippen LogP contribution in [-0.2, 0) is 0 Å². The zero-order chi connectivity index (χ0) is 18.8. The standard InChI is InChI=1S/C21H13NO5/c23-19(13-6-2-1-3-7-13)22-16-10-11-18(27-21(16)25)15-12-14-8-4-5-9-17(14)26-20(15)24/h1-12H,(H,22,23). The molecule has 0 spiro atoms. The molecule has 1 N–H and O–H groups in total. The van der Waals surface area contributed by atoms with Gasteiger partial charge < -0.3 is 14.2 Å². The fourth-order valence-corrected chi connectivity index (χ4v) is 2.67. The molecule has 27 heavy (non-hydrogen) atoms. The zero-order valence-electron chi connectivity index (χ0n) is 14.0. The molecule has 6 heteroatoms. The van der Waals surface area contributed by atoms with Crippen LogP contribution in [0.3, 0.4) is 0 Å². The van der Waals surface area contributed by atoms with Gasteiger partial charge in [0.2, 0.25) is 0 Å². The topological polar surface area (TPSA) is 89.5 Å². The Bertz CT molecular complexity index is 1250. The van der Waals surface area contributed by atoms with E-state index in [-0.39, 0.29) is 17.0 Å². The number of hydrogen-bond acceptors (Lipinski definition) is 5. The average Bonchev–Trinajstić information content (AvgIpc) is 2.69. The molecule has 0 aliphatic carbocycles. The second-order valence-corrected chi connectivity index (χ2v) is 5.81. The molecule has 0 aliphatic heterocycles. The lowest BCUT2D eigenvalue weighted by Gasteiger charge is -2.05. The molecule has 6 nitrogen and oxygen atoms in total. The van der Waals surface area contributed by atoms with Crippen LogP contribution in [0.1, 0.15) is 10.4 Å². The van der Waals surface area contributed by atoms with Crippen LogP contribution in [0.4, 0.5) is 5.69 Å². The Morgan fingerprint density at radius 3 is 2.30 bits per heavy atom. The molecule has 0 atom stereocenters. The van der Waals surface area contributed by atoms with Crippen molar-refractivity contribution in [2.75, 3.05) is 5.32 Å². The quantitative estimate of drug-likeness (QED) is 0.564. The van der Waals surface area contributed by atoms with Crippen LogP contribution in [0, 0.1) is 0 Å². The van der Waals surface area contributed by atoms with Gasteiger partial charge in [0, 0.05) is 10.9 Å². The summed E-state index contributed by atoms with van der Waals surface area (Å²) in [6.45, 7) is 0. The third-order valence-electron chi connectivity index (χ3n) is 4.01. The highest BCUT2D eigenvalue weighted by Crippen LogP contribution is 2.21. The lowest BCUT2D eigenvalue weighted by Crippen LogP contribution is -2.18. The predicted octanol–water partition coefficient (Wildman–Crippen LogP) is 3.67. The van der Waals surface area contributed by atoms with Gasteiger partial charge in [-0.05, 0) is 36.4 Å². The van der Waals surface area contributed by atoms with Crippen LogP contribution in [0.25, 0.3) is 22.3 Å². The minimum atomic E-state index is -0.760. The van der Waals surface area contributed by atoms with Crippen LogP contribution in [-0.4, -0.2) is 5.91 Å². The Labute approximate surface area is 152 Å². The molecule has 0 bridgehead atoms. The van der Waals surface area contributed by atoms with Crippen molar-refractivity contribution in [3.05, 3.63) is 99.2 Å². The van der Waals surface area contributed by atoms with Crippen molar-refractivity contribution >= 4 is 22.6 Å². The number of fused-ring (bicyclic) bond motifs is 1. The summed E-state index contributed by atoms with van der Waals surface area (Å²) in [6, 6.07) is 20.0. The number of benzene rings is 2. The molecule has 132 valence electrons. The van der Waals surface area contributed by atoms with E-state index in [2.05, 4.69) is 5.32 Å². The summed E-state index contributed by atoms with van der Waals surface area (Å²) in [6.07, 6.45) is 0. The largest absolute Gasteiger partial charge is 0.422 e. The highest BCUT2D eigenvalue weighted by atomic mass is 16.4. The minimum absolute atomic E-state index is 0.0159. The molecule has 0 aliphatic rings. The van der Waals surface area contributed by atoms with Gasteiger partial charge in [-0.15, -0.1) is 0 Å². The molecule has 0 saturated carbocycles. The molecule has 1 amide bonds. The number of para-hydroxylation sites is 1. The molecule has 2 heterocycles. The number of amides is 1. The highest BCUT2D eigenvalue weighted by Gasteiger charge is 2.14. The first-order chi connectivity index (χ1) is 13.1. The van der Waals surface area contributed by atoms with Crippen LogP contribution < -0.4 is 16.6 Å². The van der Waals surface area contributed by atoms with E-state index in [1.165, 1.54) is 12.1 Å². The van der Waals surface area contributed by atoms with Crippen molar-refractivity contribution in [3.63, 3.8) is 0 Å². The second-order valence-electron chi connectivity index (χ2n) is 5.81. The van der Waals surface area contributed by atoms with E-state index in [4.69, 9.17) is 8.83 Å². The van der Waals surface area contributed by atoms with E-state index in [0.717, 1.165) is 0 Å². The van der Waals surface area contributed by atoms with Gasteiger partial charge >= 0.3 is 11.3 Å². The molecular formula is C21H13NO5. The Hall–Kier alpha value is -3.93. The van der Waals surface area contributed by atoms with Gasteiger partial charge in [-0.3, -0.25) is 4.79 Å². The first-order valence-corrected chi connectivity index (χ1v) is 8.15. The fourth-order valence-electron chi connectivity index (χ4n) is 2.67.